The molecule has 126 valence electrons. The number of hydrogen-bond donors (Lipinski definition) is 1. The summed E-state index contributed by atoms with van der Waals surface area (Å²) >= 11 is 0. The Kier molecular flexibility index (Phi) is 3.71. The van der Waals surface area contributed by atoms with Gasteiger partial charge in [0.2, 0.25) is 0 Å². The molecule has 3 aromatic rings. The van der Waals surface area contributed by atoms with E-state index in [1.165, 1.54) is 48.1 Å². The topological polar surface area (TPSA) is 19.0 Å². The van der Waals surface area contributed by atoms with Crippen molar-refractivity contribution in [1.82, 2.24) is 9.88 Å². The molecule has 0 amide bonds. The molecule has 25 heavy (non-hydrogen) atoms. The Hall–Kier alpha value is -2.32. The summed E-state index contributed by atoms with van der Waals surface area (Å²) < 4.78 is 0. The number of nitrogens with one attached hydrogen (secondary N) is 1. The zero-order valence-electron chi connectivity index (χ0n) is 14.5. The number of benzene rings is 2. The van der Waals surface area contributed by atoms with E-state index in [1.807, 2.05) is 0 Å². The van der Waals surface area contributed by atoms with E-state index in [0.29, 0.717) is 0 Å². The molecule has 0 saturated carbocycles. The van der Waals surface area contributed by atoms with Crippen LogP contribution < -0.4 is 0 Å². The summed E-state index contributed by atoms with van der Waals surface area (Å²) in [5.74, 6) is 0.792. The van der Waals surface area contributed by atoms with Gasteiger partial charge < -0.3 is 4.98 Å². The van der Waals surface area contributed by atoms with Gasteiger partial charge in [0, 0.05) is 30.8 Å². The Morgan fingerprint density at radius 2 is 1.72 bits per heavy atom. The lowest BCUT2D eigenvalue weighted by Crippen LogP contribution is -2.33. The van der Waals surface area contributed by atoms with Crippen LogP contribution in [0.2, 0.25) is 0 Å². The fourth-order valence-electron chi connectivity index (χ4n) is 4.51. The van der Waals surface area contributed by atoms with Crippen molar-refractivity contribution < 1.29 is 0 Å². The molecular formula is C23H24N2. The van der Waals surface area contributed by atoms with Gasteiger partial charge in [-0.1, -0.05) is 48.5 Å². The van der Waals surface area contributed by atoms with Crippen LogP contribution in [0, 0.1) is 5.92 Å². The molecular weight excluding hydrogens is 304 g/mol. The highest BCUT2D eigenvalue weighted by Gasteiger charge is 2.24. The van der Waals surface area contributed by atoms with Crippen molar-refractivity contribution in [2.45, 2.75) is 19.3 Å². The van der Waals surface area contributed by atoms with Crippen LogP contribution in [-0.2, 0) is 12.8 Å². The first-order valence-electron chi connectivity index (χ1n) is 9.41. The van der Waals surface area contributed by atoms with Crippen molar-refractivity contribution in [1.29, 1.82) is 0 Å². The first kappa shape index (κ1) is 15.0. The van der Waals surface area contributed by atoms with Crippen LogP contribution in [0.25, 0.3) is 16.5 Å². The van der Waals surface area contributed by atoms with Gasteiger partial charge in [0.15, 0.2) is 0 Å². The molecule has 1 aromatic heterocycles. The van der Waals surface area contributed by atoms with Crippen molar-refractivity contribution in [2.75, 3.05) is 19.6 Å². The molecule has 1 aliphatic heterocycles. The summed E-state index contributed by atoms with van der Waals surface area (Å²) in [6.45, 7) is 3.48. The molecule has 0 atom stereocenters. The lowest BCUT2D eigenvalue weighted by Gasteiger charge is -2.28. The van der Waals surface area contributed by atoms with E-state index in [1.54, 1.807) is 11.1 Å². The lowest BCUT2D eigenvalue weighted by molar-refractivity contribution is 0.255. The maximum absolute atomic E-state index is 3.58. The Morgan fingerprint density at radius 1 is 0.960 bits per heavy atom. The minimum atomic E-state index is 0.792. The summed E-state index contributed by atoms with van der Waals surface area (Å²) in [5, 5.41) is 1.31. The van der Waals surface area contributed by atoms with Gasteiger partial charge in [-0.3, -0.25) is 4.90 Å². The normalized spacial score (nSPS) is 18.5. The van der Waals surface area contributed by atoms with Crippen LogP contribution >= 0.6 is 0 Å². The largest absolute Gasteiger partial charge is 0.355 e. The van der Waals surface area contributed by atoms with Crippen molar-refractivity contribution in [3.63, 3.8) is 0 Å². The number of nitrogens with zero attached hydrogens (tertiary/aromatic N) is 1. The Balaban J connectivity index is 1.25. The van der Waals surface area contributed by atoms with Gasteiger partial charge in [-0.25, -0.2) is 0 Å². The van der Waals surface area contributed by atoms with E-state index in [-0.39, 0.29) is 0 Å². The highest BCUT2D eigenvalue weighted by molar-refractivity contribution is 5.84. The number of para-hydroxylation sites is 1. The summed E-state index contributed by atoms with van der Waals surface area (Å²) in [6.07, 6.45) is 6.08. The third kappa shape index (κ3) is 2.91. The Labute approximate surface area is 149 Å². The molecule has 0 spiro atoms. The molecule has 2 aromatic carbocycles. The first-order chi connectivity index (χ1) is 12.3. The molecule has 2 aliphatic rings. The summed E-state index contributed by atoms with van der Waals surface area (Å²) in [6, 6.07) is 19.8. The van der Waals surface area contributed by atoms with Crippen molar-refractivity contribution in [3.8, 4) is 0 Å². The quantitative estimate of drug-likeness (QED) is 0.740. The molecule has 2 heteroatoms. The van der Waals surface area contributed by atoms with Crippen LogP contribution in [0.5, 0.6) is 0 Å². The van der Waals surface area contributed by atoms with E-state index in [9.17, 15) is 0 Å². The number of hydrogen-bond acceptors (Lipinski definition) is 1. The number of H-pyrrole nitrogens is 1. The highest BCUT2D eigenvalue weighted by atomic mass is 15.1. The fourth-order valence-corrected chi connectivity index (χ4v) is 4.51. The van der Waals surface area contributed by atoms with Crippen LogP contribution in [0.4, 0.5) is 0 Å². The van der Waals surface area contributed by atoms with Gasteiger partial charge in [0.25, 0.3) is 0 Å². The molecule has 5 rings (SSSR count). The molecule has 2 heterocycles. The van der Waals surface area contributed by atoms with Crippen LogP contribution in [0.1, 0.15) is 23.2 Å². The number of fused-ring (bicyclic) bond motifs is 2. The second kappa shape index (κ2) is 6.20. The van der Waals surface area contributed by atoms with E-state index in [2.05, 4.69) is 70.6 Å². The van der Waals surface area contributed by atoms with E-state index in [0.717, 1.165) is 18.9 Å². The third-order valence-electron chi connectivity index (χ3n) is 5.82. The number of rotatable bonds is 3. The predicted molar refractivity (Wildman–Crippen MR) is 105 cm³/mol. The summed E-state index contributed by atoms with van der Waals surface area (Å²) in [5.41, 5.74) is 7.15. The highest BCUT2D eigenvalue weighted by Crippen LogP contribution is 2.29. The molecule has 1 N–H and O–H groups in total. The monoisotopic (exact) mass is 328 g/mol. The van der Waals surface area contributed by atoms with Crippen LogP contribution in [0.15, 0.2) is 60.7 Å². The molecule has 0 radical (unpaired) electrons. The smallest absolute Gasteiger partial charge is 0.0458 e. The molecule has 0 saturated heterocycles. The van der Waals surface area contributed by atoms with E-state index in [4.69, 9.17) is 0 Å². The van der Waals surface area contributed by atoms with Gasteiger partial charge in [-0.2, -0.15) is 0 Å². The average Bonchev–Trinajstić information content (AvgIpc) is 3.25. The molecule has 0 fully saturated rings. The summed E-state index contributed by atoms with van der Waals surface area (Å²) in [4.78, 5) is 6.21. The van der Waals surface area contributed by atoms with E-state index < -0.39 is 0 Å². The van der Waals surface area contributed by atoms with Gasteiger partial charge in [-0.05, 0) is 59.4 Å². The maximum Gasteiger partial charge on any atom is 0.0458 e. The molecule has 1 aliphatic carbocycles. The van der Waals surface area contributed by atoms with Gasteiger partial charge in [0.1, 0.15) is 0 Å². The predicted octanol–water partition coefficient (Wildman–Crippen LogP) is 4.67. The van der Waals surface area contributed by atoms with Gasteiger partial charge >= 0.3 is 0 Å². The van der Waals surface area contributed by atoms with Crippen molar-refractivity contribution in [2.24, 2.45) is 5.92 Å². The minimum Gasteiger partial charge on any atom is -0.355 e. The SMILES string of the molecule is C1=C(c2cc3ccccc3[nH]2)CCN(CC2Cc3ccccc3C2)C1. The van der Waals surface area contributed by atoms with E-state index >= 15 is 0 Å². The molecule has 0 unspecified atom stereocenters. The van der Waals surface area contributed by atoms with Gasteiger partial charge in [-0.15, -0.1) is 0 Å². The molecule has 2 nitrogen and oxygen atoms in total. The zero-order chi connectivity index (χ0) is 16.6. The Morgan fingerprint density at radius 3 is 2.44 bits per heavy atom. The van der Waals surface area contributed by atoms with Gasteiger partial charge in [0.05, 0.1) is 0 Å². The van der Waals surface area contributed by atoms with Crippen molar-refractivity contribution in [3.05, 3.63) is 77.5 Å². The molecule has 0 bridgehead atoms. The maximum atomic E-state index is 3.58. The summed E-state index contributed by atoms with van der Waals surface area (Å²) in [7, 11) is 0. The van der Waals surface area contributed by atoms with Crippen LogP contribution in [-0.4, -0.2) is 29.5 Å². The number of aromatic amines is 1. The average molecular weight is 328 g/mol. The second-order valence-electron chi connectivity index (χ2n) is 7.55. The Bertz CT molecular complexity index is 876. The minimum absolute atomic E-state index is 0.792. The van der Waals surface area contributed by atoms with Crippen LogP contribution in [0.3, 0.4) is 0 Å². The second-order valence-corrected chi connectivity index (χ2v) is 7.55. The lowest BCUT2D eigenvalue weighted by atomic mass is 10.0. The third-order valence-corrected chi connectivity index (χ3v) is 5.82. The number of aromatic nitrogens is 1. The zero-order valence-corrected chi connectivity index (χ0v) is 14.5. The standard InChI is InChI=1S/C23H24N2/c1-2-6-20-14-17(13-19(20)5-1)16-25-11-9-18(10-12-25)23-15-21-7-3-4-8-22(21)24-23/h1-9,15,17,24H,10-14,16H2. The fraction of sp³-hybridized carbons (Fsp3) is 0.304. The first-order valence-corrected chi connectivity index (χ1v) is 9.41. The van der Waals surface area contributed by atoms with Crippen molar-refractivity contribution >= 4 is 16.5 Å².